The molecule has 0 bridgehead atoms. The molecule has 0 saturated heterocycles. The summed E-state index contributed by atoms with van der Waals surface area (Å²) in [6.07, 6.45) is 0. The maximum absolute atomic E-state index is 5.22. The first-order valence-electron chi connectivity index (χ1n) is 6.37. The van der Waals surface area contributed by atoms with Gasteiger partial charge in [0.25, 0.3) is 0 Å². The van der Waals surface area contributed by atoms with Gasteiger partial charge in [0, 0.05) is 14.9 Å². The Hall–Kier alpha value is -0.850. The van der Waals surface area contributed by atoms with E-state index in [4.69, 9.17) is 4.52 Å². The number of hydrogen-bond donors (Lipinski definition) is 1. The van der Waals surface area contributed by atoms with Crippen molar-refractivity contribution < 1.29 is 4.52 Å². The van der Waals surface area contributed by atoms with Gasteiger partial charge >= 0.3 is 0 Å². The fraction of sp³-hybridized carbons (Fsp3) is 0.429. The van der Waals surface area contributed by atoms with E-state index in [1.165, 1.54) is 4.90 Å². The van der Waals surface area contributed by atoms with Crippen LogP contribution in [0.2, 0.25) is 0 Å². The second-order valence-corrected chi connectivity index (χ2v) is 7.41. The maximum Gasteiger partial charge on any atom is 0.240 e. The van der Waals surface area contributed by atoms with Crippen molar-refractivity contribution in [2.75, 3.05) is 0 Å². The zero-order valence-electron chi connectivity index (χ0n) is 11.8. The lowest BCUT2D eigenvalue weighted by molar-refractivity contribution is 0.334. The van der Waals surface area contributed by atoms with Crippen LogP contribution in [-0.2, 0) is 12.3 Å². The summed E-state index contributed by atoms with van der Waals surface area (Å²) in [5, 5.41) is 7.32. The van der Waals surface area contributed by atoms with Crippen LogP contribution in [0.15, 0.2) is 38.2 Å². The molecule has 108 valence electrons. The molecule has 1 aromatic carbocycles. The number of hydrogen-bond acceptors (Lipinski definition) is 5. The third-order valence-electron chi connectivity index (χ3n) is 2.46. The largest absolute Gasteiger partial charge is 0.338 e. The van der Waals surface area contributed by atoms with Crippen LogP contribution in [0.25, 0.3) is 0 Å². The second-order valence-electron chi connectivity index (χ2n) is 5.45. The molecule has 0 fully saturated rings. The minimum absolute atomic E-state index is 0.0425. The van der Waals surface area contributed by atoms with Crippen LogP contribution in [-0.4, -0.2) is 15.7 Å². The number of halogens is 1. The minimum atomic E-state index is 0.0425. The molecule has 0 atom stereocenters. The molecule has 0 radical (unpaired) electrons. The molecule has 1 heterocycles. The maximum atomic E-state index is 5.22. The molecular weight excluding hydrogens is 338 g/mol. The lowest BCUT2D eigenvalue weighted by Gasteiger charge is -2.18. The Labute approximate surface area is 131 Å². The third-order valence-corrected chi connectivity index (χ3v) is 4.00. The summed E-state index contributed by atoms with van der Waals surface area (Å²) in [5.74, 6) is 2.07. The van der Waals surface area contributed by atoms with E-state index < -0.39 is 0 Å². The standard InChI is InChI=1S/C14H18BrN3OS/c1-14(2,3)16-8-13-17-12(18-19-13)9-20-11-6-4-10(15)5-7-11/h4-7,16H,8-9H2,1-3H3. The van der Waals surface area contributed by atoms with E-state index in [0.717, 1.165) is 10.3 Å². The molecule has 0 amide bonds. The Morgan fingerprint density at radius 3 is 2.60 bits per heavy atom. The molecule has 0 aliphatic carbocycles. The van der Waals surface area contributed by atoms with Gasteiger partial charge in [-0.25, -0.2) is 0 Å². The predicted molar refractivity (Wildman–Crippen MR) is 84.6 cm³/mol. The second kappa shape index (κ2) is 6.74. The molecule has 2 rings (SSSR count). The number of thioether (sulfide) groups is 1. The summed E-state index contributed by atoms with van der Waals surface area (Å²) in [6, 6.07) is 8.18. The summed E-state index contributed by atoms with van der Waals surface area (Å²) >= 11 is 5.12. The van der Waals surface area contributed by atoms with E-state index >= 15 is 0 Å². The highest BCUT2D eigenvalue weighted by molar-refractivity contribution is 9.10. The van der Waals surface area contributed by atoms with Gasteiger partial charge in [0.1, 0.15) is 0 Å². The molecule has 0 aliphatic heterocycles. The van der Waals surface area contributed by atoms with Crippen molar-refractivity contribution in [3.8, 4) is 0 Å². The van der Waals surface area contributed by atoms with Crippen molar-refractivity contribution in [2.24, 2.45) is 0 Å². The van der Waals surface area contributed by atoms with E-state index in [-0.39, 0.29) is 5.54 Å². The first kappa shape index (κ1) is 15.5. The number of rotatable bonds is 5. The number of nitrogens with zero attached hydrogens (tertiary/aromatic N) is 2. The van der Waals surface area contributed by atoms with Crippen LogP contribution in [0.3, 0.4) is 0 Å². The van der Waals surface area contributed by atoms with Gasteiger partial charge in [-0.15, -0.1) is 11.8 Å². The van der Waals surface area contributed by atoms with Gasteiger partial charge in [-0.2, -0.15) is 4.98 Å². The summed E-state index contributed by atoms with van der Waals surface area (Å²) in [6.45, 7) is 6.91. The molecule has 0 aliphatic rings. The molecular formula is C14H18BrN3OS. The molecule has 1 aromatic heterocycles. The Morgan fingerprint density at radius 1 is 1.25 bits per heavy atom. The highest BCUT2D eigenvalue weighted by atomic mass is 79.9. The predicted octanol–water partition coefficient (Wildman–Crippen LogP) is 4.01. The summed E-state index contributed by atoms with van der Waals surface area (Å²) in [5.41, 5.74) is 0.0425. The van der Waals surface area contributed by atoms with Gasteiger partial charge in [0.2, 0.25) is 5.89 Å². The summed E-state index contributed by atoms with van der Waals surface area (Å²) in [4.78, 5) is 5.56. The fourth-order valence-corrected chi connectivity index (χ4v) is 2.45. The first-order valence-corrected chi connectivity index (χ1v) is 8.15. The highest BCUT2D eigenvalue weighted by Crippen LogP contribution is 2.23. The van der Waals surface area contributed by atoms with Gasteiger partial charge in [0.15, 0.2) is 5.82 Å². The van der Waals surface area contributed by atoms with Gasteiger partial charge in [-0.1, -0.05) is 21.1 Å². The van der Waals surface area contributed by atoms with Gasteiger partial charge in [-0.05, 0) is 45.0 Å². The van der Waals surface area contributed by atoms with E-state index in [2.05, 4.69) is 64.3 Å². The zero-order chi connectivity index (χ0) is 14.6. The summed E-state index contributed by atoms with van der Waals surface area (Å²) < 4.78 is 6.30. The van der Waals surface area contributed by atoms with Crippen LogP contribution in [0, 0.1) is 0 Å². The van der Waals surface area contributed by atoms with Crippen molar-refractivity contribution in [3.05, 3.63) is 40.5 Å². The molecule has 2 aromatic rings. The number of aromatic nitrogens is 2. The SMILES string of the molecule is CC(C)(C)NCc1nc(CSc2ccc(Br)cc2)no1. The molecule has 4 nitrogen and oxygen atoms in total. The highest BCUT2D eigenvalue weighted by Gasteiger charge is 2.12. The van der Waals surface area contributed by atoms with E-state index in [0.29, 0.717) is 18.2 Å². The van der Waals surface area contributed by atoms with E-state index in [1.54, 1.807) is 11.8 Å². The summed E-state index contributed by atoms with van der Waals surface area (Å²) in [7, 11) is 0. The fourth-order valence-electron chi connectivity index (χ4n) is 1.44. The Morgan fingerprint density at radius 2 is 1.95 bits per heavy atom. The van der Waals surface area contributed by atoms with E-state index in [9.17, 15) is 0 Å². The molecule has 0 saturated carbocycles. The quantitative estimate of drug-likeness (QED) is 0.821. The minimum Gasteiger partial charge on any atom is -0.338 e. The molecule has 1 N–H and O–H groups in total. The van der Waals surface area contributed by atoms with Gasteiger partial charge in [-0.3, -0.25) is 0 Å². The average molecular weight is 356 g/mol. The van der Waals surface area contributed by atoms with Crippen molar-refractivity contribution in [3.63, 3.8) is 0 Å². The topological polar surface area (TPSA) is 51.0 Å². The van der Waals surface area contributed by atoms with Gasteiger partial charge in [0.05, 0.1) is 12.3 Å². The van der Waals surface area contributed by atoms with Crippen LogP contribution >= 0.6 is 27.7 Å². The van der Waals surface area contributed by atoms with Crippen LogP contribution in [0.1, 0.15) is 32.5 Å². The third kappa shape index (κ3) is 5.26. The van der Waals surface area contributed by atoms with Crippen molar-refractivity contribution in [1.29, 1.82) is 0 Å². The van der Waals surface area contributed by atoms with Crippen LogP contribution < -0.4 is 5.32 Å². The van der Waals surface area contributed by atoms with Crippen LogP contribution in [0.5, 0.6) is 0 Å². The monoisotopic (exact) mass is 355 g/mol. The van der Waals surface area contributed by atoms with Gasteiger partial charge < -0.3 is 9.84 Å². The number of benzene rings is 1. The number of nitrogens with one attached hydrogen (secondary N) is 1. The molecule has 0 unspecified atom stereocenters. The first-order chi connectivity index (χ1) is 9.42. The van der Waals surface area contributed by atoms with E-state index in [1.807, 2.05) is 12.1 Å². The molecule has 20 heavy (non-hydrogen) atoms. The Kier molecular flexibility index (Phi) is 5.23. The Balaban J connectivity index is 1.85. The van der Waals surface area contributed by atoms with Crippen molar-refractivity contribution >= 4 is 27.7 Å². The smallest absolute Gasteiger partial charge is 0.240 e. The van der Waals surface area contributed by atoms with Crippen molar-refractivity contribution in [1.82, 2.24) is 15.5 Å². The molecule has 6 heteroatoms. The normalized spacial score (nSPS) is 11.8. The Bertz CT molecular complexity index is 548. The van der Waals surface area contributed by atoms with Crippen LogP contribution in [0.4, 0.5) is 0 Å². The lowest BCUT2D eigenvalue weighted by Crippen LogP contribution is -2.35. The zero-order valence-corrected chi connectivity index (χ0v) is 14.2. The molecule has 0 spiro atoms. The lowest BCUT2D eigenvalue weighted by atomic mass is 10.1. The average Bonchev–Trinajstić information content (AvgIpc) is 2.83. The van der Waals surface area contributed by atoms with Crippen molar-refractivity contribution in [2.45, 2.75) is 43.5 Å².